The van der Waals surface area contributed by atoms with E-state index in [-0.39, 0.29) is 35.1 Å². The fourth-order valence-electron chi connectivity index (χ4n) is 5.85. The molecule has 5 atom stereocenters. The maximum atomic E-state index is 14.8. The second-order valence-corrected chi connectivity index (χ2v) is 9.15. The van der Waals surface area contributed by atoms with Gasteiger partial charge in [-0.15, -0.1) is 4.80 Å². The number of para-hydroxylation sites is 1. The predicted octanol–water partition coefficient (Wildman–Crippen LogP) is 2.86. The van der Waals surface area contributed by atoms with E-state index >= 15 is 0 Å². The number of nitrogens with zero attached hydrogens (tertiary/aromatic N) is 5. The lowest BCUT2D eigenvalue weighted by molar-refractivity contribution is -0.137. The monoisotopic (exact) mass is 489 g/mol. The molecule has 1 N–H and O–H groups in total. The lowest BCUT2D eigenvalue weighted by atomic mass is 9.73. The number of alkyl halides is 3. The third-order valence-electron chi connectivity index (χ3n) is 7.42. The Morgan fingerprint density at radius 3 is 2.60 bits per heavy atom. The highest BCUT2D eigenvalue weighted by Gasteiger charge is 2.79. The maximum Gasteiger partial charge on any atom is 0.417 e. The van der Waals surface area contributed by atoms with Crippen molar-refractivity contribution in [2.24, 2.45) is 11.3 Å². The van der Waals surface area contributed by atoms with Gasteiger partial charge in [-0.1, -0.05) is 6.07 Å². The molecular weight excluding hydrogens is 470 g/mol. The van der Waals surface area contributed by atoms with Gasteiger partial charge >= 0.3 is 6.18 Å². The number of hydrogen-bond donors (Lipinski definition) is 1. The molecule has 0 radical (unpaired) electrons. The van der Waals surface area contributed by atoms with E-state index in [1.807, 2.05) is 0 Å². The van der Waals surface area contributed by atoms with Gasteiger partial charge in [0.15, 0.2) is 5.82 Å². The van der Waals surface area contributed by atoms with Crippen molar-refractivity contribution in [1.29, 1.82) is 0 Å². The summed E-state index contributed by atoms with van der Waals surface area (Å²) in [6.45, 7) is -0.273. The molecule has 3 aliphatic rings. The van der Waals surface area contributed by atoms with Crippen molar-refractivity contribution in [2.45, 2.75) is 37.2 Å². The smallest absolute Gasteiger partial charge is 0.417 e. The molecule has 0 bridgehead atoms. The Balaban J connectivity index is 1.31. The number of likely N-dealkylation sites (tertiary alicyclic amines) is 1. The minimum absolute atomic E-state index is 0.0158. The largest absolute Gasteiger partial charge is 0.472 e. The topological polar surface area (TPSA) is 93.4 Å². The van der Waals surface area contributed by atoms with E-state index < -0.39 is 41.7 Å². The zero-order chi connectivity index (χ0) is 24.5. The fraction of sp³-hybridized carbons (Fsp3) is 0.391. The van der Waals surface area contributed by atoms with Gasteiger partial charge in [-0.25, -0.2) is 9.37 Å². The van der Waals surface area contributed by atoms with Crippen molar-refractivity contribution in [3.8, 4) is 11.6 Å². The summed E-state index contributed by atoms with van der Waals surface area (Å²) in [7, 11) is 0. The van der Waals surface area contributed by atoms with Crippen molar-refractivity contribution >= 4 is 5.91 Å². The highest BCUT2D eigenvalue weighted by atomic mass is 19.4. The quantitative estimate of drug-likeness (QED) is 0.554. The van der Waals surface area contributed by atoms with Gasteiger partial charge in [-0.3, -0.25) is 4.79 Å². The van der Waals surface area contributed by atoms with Crippen molar-refractivity contribution in [2.75, 3.05) is 6.61 Å². The summed E-state index contributed by atoms with van der Waals surface area (Å²) in [6, 6.07) is 5.22. The summed E-state index contributed by atoms with van der Waals surface area (Å²) >= 11 is 0. The molecule has 3 aromatic rings. The van der Waals surface area contributed by atoms with Crippen LogP contribution in [0.15, 0.2) is 48.9 Å². The molecule has 182 valence electrons. The number of halogens is 4. The van der Waals surface area contributed by atoms with Crippen LogP contribution in [0.1, 0.15) is 28.8 Å². The minimum atomic E-state index is -4.51. The number of aromatic nitrogens is 4. The number of aliphatic hydroxyl groups excluding tert-OH is 1. The van der Waals surface area contributed by atoms with Crippen LogP contribution in [0.2, 0.25) is 0 Å². The molecule has 8 nitrogen and oxygen atoms in total. The average Bonchev–Trinajstić information content (AvgIpc) is 3.22. The average molecular weight is 489 g/mol. The third kappa shape index (κ3) is 3.23. The van der Waals surface area contributed by atoms with Crippen LogP contribution in [-0.2, 0) is 6.18 Å². The molecular formula is C23H19F4N5O3. The number of carbonyl (C=O) groups excluding carboxylic acids is 1. The van der Waals surface area contributed by atoms with Crippen molar-refractivity contribution < 1.29 is 32.2 Å². The number of benzene rings is 1. The van der Waals surface area contributed by atoms with Gasteiger partial charge in [-0.2, -0.15) is 23.4 Å². The standard InChI is InChI=1S/C23H19F4N5O3/c24-15-3-1-2-13(19(15)32-29-6-7-30-32)21(34)31-16(11-33)14-8-22(14)9-17(20(22)31)35-18-5-4-12(10-28-18)23(25,26)27/h1-7,10,14,16-17,20,33H,8-9,11H2. The Kier molecular flexibility index (Phi) is 4.69. The molecule has 1 saturated heterocycles. The Morgan fingerprint density at radius 2 is 1.94 bits per heavy atom. The first-order chi connectivity index (χ1) is 16.7. The van der Waals surface area contributed by atoms with Crippen LogP contribution in [0.3, 0.4) is 0 Å². The second kappa shape index (κ2) is 7.48. The summed E-state index contributed by atoms with van der Waals surface area (Å²) in [5, 5.41) is 18.0. The summed E-state index contributed by atoms with van der Waals surface area (Å²) in [6.07, 6.45) is -0.208. The summed E-state index contributed by atoms with van der Waals surface area (Å²) in [5.41, 5.74) is -1.18. The Morgan fingerprint density at radius 1 is 1.17 bits per heavy atom. The number of pyridine rings is 1. The van der Waals surface area contributed by atoms with Crippen molar-refractivity contribution in [3.63, 3.8) is 0 Å². The molecule has 3 fully saturated rings. The molecule has 2 saturated carbocycles. The number of carbonyl (C=O) groups is 1. The van der Waals surface area contributed by atoms with Crippen LogP contribution in [-0.4, -0.2) is 60.7 Å². The van der Waals surface area contributed by atoms with Crippen LogP contribution in [0.5, 0.6) is 5.88 Å². The Hall–Kier alpha value is -3.54. The molecule has 5 unspecified atom stereocenters. The van der Waals surface area contributed by atoms with Gasteiger partial charge in [0.05, 0.1) is 42.2 Å². The highest BCUT2D eigenvalue weighted by Crippen LogP contribution is 2.73. The van der Waals surface area contributed by atoms with E-state index in [1.165, 1.54) is 35.5 Å². The first-order valence-electron chi connectivity index (χ1n) is 11.0. The second-order valence-electron chi connectivity index (χ2n) is 9.15. The minimum Gasteiger partial charge on any atom is -0.472 e. The number of aliphatic hydroxyl groups is 1. The van der Waals surface area contributed by atoms with E-state index in [0.717, 1.165) is 23.4 Å². The van der Waals surface area contributed by atoms with E-state index in [9.17, 15) is 27.5 Å². The van der Waals surface area contributed by atoms with Gasteiger partial charge in [0.2, 0.25) is 5.88 Å². The normalized spacial score (nSPS) is 28.8. The number of amides is 1. The highest BCUT2D eigenvalue weighted by molar-refractivity contribution is 5.99. The molecule has 2 aromatic heterocycles. The molecule has 35 heavy (non-hydrogen) atoms. The number of hydrogen-bond acceptors (Lipinski definition) is 6. The maximum absolute atomic E-state index is 14.8. The first-order valence-corrected chi connectivity index (χ1v) is 11.0. The van der Waals surface area contributed by atoms with Crippen molar-refractivity contribution in [1.82, 2.24) is 24.9 Å². The zero-order valence-corrected chi connectivity index (χ0v) is 18.1. The molecule has 1 amide bonds. The third-order valence-corrected chi connectivity index (χ3v) is 7.42. The van der Waals surface area contributed by atoms with E-state index in [0.29, 0.717) is 12.6 Å². The lowest BCUT2D eigenvalue weighted by Crippen LogP contribution is -2.61. The van der Waals surface area contributed by atoms with Crippen LogP contribution in [0.25, 0.3) is 5.69 Å². The van der Waals surface area contributed by atoms with Crippen LogP contribution < -0.4 is 4.74 Å². The summed E-state index contributed by atoms with van der Waals surface area (Å²) in [5.74, 6) is -1.09. The molecule has 2 aliphatic carbocycles. The van der Waals surface area contributed by atoms with Crippen LogP contribution >= 0.6 is 0 Å². The van der Waals surface area contributed by atoms with E-state index in [2.05, 4.69) is 15.2 Å². The fourth-order valence-corrected chi connectivity index (χ4v) is 5.85. The molecule has 3 heterocycles. The first kappa shape index (κ1) is 22.0. The Labute approximate surface area is 196 Å². The number of piperidine rings is 1. The number of ether oxygens (including phenoxy) is 1. The lowest BCUT2D eigenvalue weighted by Gasteiger charge is -2.47. The summed E-state index contributed by atoms with van der Waals surface area (Å²) < 4.78 is 59.2. The van der Waals surface area contributed by atoms with E-state index in [4.69, 9.17) is 4.74 Å². The molecule has 6 rings (SSSR count). The van der Waals surface area contributed by atoms with Gasteiger partial charge in [0, 0.05) is 17.7 Å². The predicted molar refractivity (Wildman–Crippen MR) is 111 cm³/mol. The van der Waals surface area contributed by atoms with Crippen molar-refractivity contribution in [3.05, 3.63) is 65.9 Å². The SMILES string of the molecule is O=C(c1cccc(F)c1-n1nccn1)N1C(CO)C2CC23CC(Oc2ccc(C(F)(F)F)cn2)C13. The number of rotatable bonds is 5. The molecule has 1 aliphatic heterocycles. The van der Waals surface area contributed by atoms with Gasteiger partial charge < -0.3 is 14.7 Å². The van der Waals surface area contributed by atoms with E-state index in [1.54, 1.807) is 0 Å². The zero-order valence-electron chi connectivity index (χ0n) is 18.1. The van der Waals surface area contributed by atoms with Gasteiger partial charge in [0.1, 0.15) is 11.8 Å². The Bertz CT molecular complexity index is 1280. The summed E-state index contributed by atoms with van der Waals surface area (Å²) in [4.78, 5) is 20.1. The van der Waals surface area contributed by atoms with Gasteiger partial charge in [-0.05, 0) is 37.0 Å². The van der Waals surface area contributed by atoms with Gasteiger partial charge in [0.25, 0.3) is 5.91 Å². The molecule has 1 spiro atoms. The molecule has 12 heteroatoms. The van der Waals surface area contributed by atoms with Crippen LogP contribution in [0.4, 0.5) is 17.6 Å². The molecule has 1 aromatic carbocycles. The van der Waals surface area contributed by atoms with Crippen LogP contribution in [0, 0.1) is 17.2 Å².